The fourth-order valence-electron chi connectivity index (χ4n) is 1.53. The van der Waals surface area contributed by atoms with Crippen molar-refractivity contribution in [1.82, 2.24) is 5.32 Å². The first-order valence-electron chi connectivity index (χ1n) is 5.84. The molecule has 4 N–H and O–H groups in total. The first kappa shape index (κ1) is 14.7. The number of hydrogen-bond donors (Lipinski definition) is 3. The van der Waals surface area contributed by atoms with Crippen molar-refractivity contribution in [3.63, 3.8) is 0 Å². The van der Waals surface area contributed by atoms with Crippen LogP contribution in [0.5, 0.6) is 0 Å². The molecule has 0 spiro atoms. The van der Waals surface area contributed by atoms with Gasteiger partial charge in [0.25, 0.3) is 0 Å². The van der Waals surface area contributed by atoms with Gasteiger partial charge in [-0.1, -0.05) is 38.8 Å². The zero-order chi connectivity index (χ0) is 12.6. The minimum absolute atomic E-state index is 0.0316. The van der Waals surface area contributed by atoms with E-state index < -0.39 is 0 Å². The summed E-state index contributed by atoms with van der Waals surface area (Å²) in [4.78, 5) is 11.7. The number of amides is 1. The van der Waals surface area contributed by atoms with Gasteiger partial charge in [0.1, 0.15) is 0 Å². The predicted molar refractivity (Wildman–Crippen MR) is 64.3 cm³/mol. The molecule has 0 saturated carbocycles. The molecule has 2 unspecified atom stereocenters. The Morgan fingerprint density at radius 1 is 1.38 bits per heavy atom. The zero-order valence-electron chi connectivity index (χ0n) is 10.4. The van der Waals surface area contributed by atoms with Gasteiger partial charge >= 0.3 is 0 Å². The zero-order valence-corrected chi connectivity index (χ0v) is 10.4. The lowest BCUT2D eigenvalue weighted by Gasteiger charge is -2.19. The monoisotopic (exact) mass is 229 g/mol. The molecule has 0 aromatic heterocycles. The summed E-state index contributed by atoms with van der Waals surface area (Å²) in [6.45, 7) is 5.91. The second kappa shape index (κ2) is 7.96. The van der Waals surface area contributed by atoms with Crippen molar-refractivity contribution >= 4 is 11.7 Å². The number of hydrogen-bond acceptors (Lipinski definition) is 3. The van der Waals surface area contributed by atoms with Crippen LogP contribution in [-0.2, 0) is 4.79 Å². The summed E-state index contributed by atoms with van der Waals surface area (Å²) < 4.78 is 0. The Bertz CT molecular complexity index is 241. The topological polar surface area (TPSA) is 87.7 Å². The van der Waals surface area contributed by atoms with Gasteiger partial charge < -0.3 is 16.3 Å². The minimum atomic E-state index is -0.359. The van der Waals surface area contributed by atoms with Crippen molar-refractivity contribution in [2.24, 2.45) is 16.8 Å². The number of carbonyl (C=O) groups excluding carboxylic acids is 1. The third kappa shape index (κ3) is 5.00. The van der Waals surface area contributed by atoms with Crippen LogP contribution in [0.15, 0.2) is 5.16 Å². The summed E-state index contributed by atoms with van der Waals surface area (Å²) in [5.74, 6) is 0.00153. The fourth-order valence-corrected chi connectivity index (χ4v) is 1.53. The molecule has 1 amide bonds. The van der Waals surface area contributed by atoms with Gasteiger partial charge in [-0.25, -0.2) is 0 Å². The molecule has 94 valence electrons. The van der Waals surface area contributed by atoms with Gasteiger partial charge in [-0.2, -0.15) is 0 Å². The molecule has 0 aromatic rings. The SMILES string of the molecule is CCCC(C)C(=O)NC(CCC)/C(N)=N/O. The lowest BCUT2D eigenvalue weighted by molar-refractivity contribution is -0.125. The third-order valence-electron chi connectivity index (χ3n) is 2.54. The van der Waals surface area contributed by atoms with Crippen LogP contribution in [-0.4, -0.2) is 23.0 Å². The third-order valence-corrected chi connectivity index (χ3v) is 2.54. The molecule has 0 aliphatic heterocycles. The summed E-state index contributed by atoms with van der Waals surface area (Å²) in [5, 5.41) is 14.3. The van der Waals surface area contributed by atoms with Gasteiger partial charge in [0.15, 0.2) is 5.84 Å². The van der Waals surface area contributed by atoms with Crippen LogP contribution >= 0.6 is 0 Å². The predicted octanol–water partition coefficient (Wildman–Crippen LogP) is 1.45. The van der Waals surface area contributed by atoms with E-state index in [4.69, 9.17) is 10.9 Å². The average molecular weight is 229 g/mol. The normalized spacial score (nSPS) is 15.6. The largest absolute Gasteiger partial charge is 0.409 e. The Labute approximate surface area is 97.1 Å². The van der Waals surface area contributed by atoms with Crippen LogP contribution in [0.25, 0.3) is 0 Å². The van der Waals surface area contributed by atoms with Gasteiger partial charge in [-0.15, -0.1) is 0 Å². The van der Waals surface area contributed by atoms with E-state index >= 15 is 0 Å². The van der Waals surface area contributed by atoms with Gasteiger partial charge in [-0.05, 0) is 12.8 Å². The standard InChI is InChI=1S/C11H23N3O2/c1-4-6-8(3)11(15)13-9(7-5-2)10(12)14-16/h8-9,16H,4-7H2,1-3H3,(H2,12,14)(H,13,15). The van der Waals surface area contributed by atoms with Crippen molar-refractivity contribution < 1.29 is 10.0 Å². The molecule has 0 rings (SSSR count). The van der Waals surface area contributed by atoms with E-state index in [9.17, 15) is 4.79 Å². The van der Waals surface area contributed by atoms with E-state index in [1.165, 1.54) is 0 Å². The number of amidine groups is 1. The first-order valence-corrected chi connectivity index (χ1v) is 5.84. The van der Waals surface area contributed by atoms with Crippen LogP contribution in [0.2, 0.25) is 0 Å². The Hall–Kier alpha value is -1.26. The second-order valence-corrected chi connectivity index (χ2v) is 4.06. The summed E-state index contributed by atoms with van der Waals surface area (Å²) in [7, 11) is 0. The smallest absolute Gasteiger partial charge is 0.223 e. The van der Waals surface area contributed by atoms with Crippen LogP contribution in [0.4, 0.5) is 0 Å². The van der Waals surface area contributed by atoms with Crippen LogP contribution in [0, 0.1) is 5.92 Å². The number of nitrogens with two attached hydrogens (primary N) is 1. The maximum Gasteiger partial charge on any atom is 0.223 e. The first-order chi connectivity index (χ1) is 7.56. The highest BCUT2D eigenvalue weighted by atomic mass is 16.4. The molecule has 0 aliphatic carbocycles. The average Bonchev–Trinajstić information content (AvgIpc) is 2.27. The summed E-state index contributed by atoms with van der Waals surface area (Å²) in [5.41, 5.74) is 5.51. The molecule has 0 radical (unpaired) electrons. The number of nitrogens with one attached hydrogen (secondary N) is 1. The Balaban J connectivity index is 4.34. The van der Waals surface area contributed by atoms with Gasteiger partial charge in [0.05, 0.1) is 6.04 Å². The number of oxime groups is 1. The molecule has 2 atom stereocenters. The highest BCUT2D eigenvalue weighted by Gasteiger charge is 2.19. The molecule has 0 fully saturated rings. The summed E-state index contributed by atoms with van der Waals surface area (Å²) >= 11 is 0. The van der Waals surface area contributed by atoms with Crippen molar-refractivity contribution in [1.29, 1.82) is 0 Å². The molecular weight excluding hydrogens is 206 g/mol. The van der Waals surface area contributed by atoms with Gasteiger partial charge in [-0.3, -0.25) is 4.79 Å². The highest BCUT2D eigenvalue weighted by molar-refractivity contribution is 5.90. The van der Waals surface area contributed by atoms with E-state index in [-0.39, 0.29) is 23.7 Å². The van der Waals surface area contributed by atoms with Crippen molar-refractivity contribution in [2.75, 3.05) is 0 Å². The molecule has 0 aromatic carbocycles. The lowest BCUT2D eigenvalue weighted by Crippen LogP contribution is -2.46. The number of rotatable bonds is 7. The molecule has 0 aliphatic rings. The quantitative estimate of drug-likeness (QED) is 0.267. The van der Waals surface area contributed by atoms with E-state index in [0.29, 0.717) is 6.42 Å². The van der Waals surface area contributed by atoms with Crippen LogP contribution in [0.3, 0.4) is 0 Å². The maximum absolute atomic E-state index is 11.7. The van der Waals surface area contributed by atoms with E-state index in [1.54, 1.807) is 0 Å². The van der Waals surface area contributed by atoms with Crippen LogP contribution < -0.4 is 11.1 Å². The second-order valence-electron chi connectivity index (χ2n) is 4.06. The summed E-state index contributed by atoms with van der Waals surface area (Å²) in [6, 6.07) is -0.359. The van der Waals surface area contributed by atoms with Crippen molar-refractivity contribution in [3.05, 3.63) is 0 Å². The number of carbonyl (C=O) groups is 1. The lowest BCUT2D eigenvalue weighted by atomic mass is 10.0. The Morgan fingerprint density at radius 3 is 2.38 bits per heavy atom. The molecule has 0 heterocycles. The van der Waals surface area contributed by atoms with E-state index in [0.717, 1.165) is 19.3 Å². The Morgan fingerprint density at radius 2 is 1.94 bits per heavy atom. The maximum atomic E-state index is 11.7. The Kier molecular flexibility index (Phi) is 7.33. The van der Waals surface area contributed by atoms with E-state index in [2.05, 4.69) is 10.5 Å². The van der Waals surface area contributed by atoms with Gasteiger partial charge in [0.2, 0.25) is 5.91 Å². The molecular formula is C11H23N3O2. The number of nitrogens with zero attached hydrogens (tertiary/aromatic N) is 1. The molecule has 0 bridgehead atoms. The molecule has 0 saturated heterocycles. The minimum Gasteiger partial charge on any atom is -0.409 e. The molecule has 5 heteroatoms. The van der Waals surface area contributed by atoms with Gasteiger partial charge in [0, 0.05) is 5.92 Å². The van der Waals surface area contributed by atoms with Crippen LogP contribution in [0.1, 0.15) is 46.5 Å². The molecule has 16 heavy (non-hydrogen) atoms. The van der Waals surface area contributed by atoms with E-state index in [1.807, 2.05) is 20.8 Å². The highest BCUT2D eigenvalue weighted by Crippen LogP contribution is 2.06. The fraction of sp³-hybridized carbons (Fsp3) is 0.818. The molecule has 5 nitrogen and oxygen atoms in total. The van der Waals surface area contributed by atoms with Crippen molar-refractivity contribution in [2.45, 2.75) is 52.5 Å². The summed E-state index contributed by atoms with van der Waals surface area (Å²) in [6.07, 6.45) is 3.36. The van der Waals surface area contributed by atoms with Crippen molar-refractivity contribution in [3.8, 4) is 0 Å².